The molecule has 0 aliphatic rings. The van der Waals surface area contributed by atoms with Crippen LogP contribution in [0.5, 0.6) is 0 Å². The molecule has 8 heteroatoms. The van der Waals surface area contributed by atoms with Crippen molar-refractivity contribution in [2.24, 2.45) is 0 Å². The van der Waals surface area contributed by atoms with Gasteiger partial charge in [0.05, 0.1) is 0 Å². The molecular weight excluding hydrogens is 216 g/mol. The van der Waals surface area contributed by atoms with Gasteiger partial charge in [-0.25, -0.2) is 0 Å². The minimum absolute atomic E-state index is 0. The molecule has 0 aliphatic heterocycles. The first-order valence-electron chi connectivity index (χ1n) is 0.698. The van der Waals surface area contributed by atoms with Crippen molar-refractivity contribution in [2.75, 3.05) is 0 Å². The van der Waals surface area contributed by atoms with E-state index in [0.29, 0.717) is 0 Å². The van der Waals surface area contributed by atoms with E-state index in [0.717, 1.165) is 0 Å². The number of hydrogen-bond donors (Lipinski definition) is 2. The van der Waals surface area contributed by atoms with Crippen LogP contribution < -0.4 is 0 Å². The van der Waals surface area contributed by atoms with Gasteiger partial charge in [0.15, 0.2) is 0 Å². The van der Waals surface area contributed by atoms with Crippen molar-refractivity contribution >= 4 is 55.9 Å². The Morgan fingerprint density at radius 1 is 1.00 bits per heavy atom. The summed E-state index contributed by atoms with van der Waals surface area (Å²) in [7, 11) is -4.67. The molecule has 0 radical (unpaired) electrons. The van der Waals surface area contributed by atoms with Crippen molar-refractivity contribution in [3.8, 4) is 0 Å². The van der Waals surface area contributed by atoms with Gasteiger partial charge in [0.1, 0.15) is 0 Å². The van der Waals surface area contributed by atoms with Crippen LogP contribution in [0.3, 0.4) is 0 Å². The average molecular weight is 224 g/mol. The summed E-state index contributed by atoms with van der Waals surface area (Å²) in [4.78, 5) is 0. The van der Waals surface area contributed by atoms with Crippen LogP contribution in [0.2, 0.25) is 0 Å². The molecule has 0 fully saturated rings. The van der Waals surface area contributed by atoms with Crippen LogP contribution in [0.4, 0.5) is 0 Å². The van der Waals surface area contributed by atoms with Crippen LogP contribution in [-0.4, -0.2) is 74.0 Å². The molecule has 6 nitrogen and oxygen atoms in total. The summed E-state index contributed by atoms with van der Waals surface area (Å²) < 4.78 is 31.6. The van der Waals surface area contributed by atoms with Crippen molar-refractivity contribution < 1.29 is 28.5 Å². The van der Waals surface area contributed by atoms with Crippen molar-refractivity contribution in [1.82, 2.24) is 0 Å². The van der Waals surface area contributed by atoms with Crippen LogP contribution in [0.1, 0.15) is 0 Å². The third-order valence-electron chi connectivity index (χ3n) is 0. The summed E-state index contributed by atoms with van der Waals surface area (Å²) in [6, 6.07) is 0. The van der Waals surface area contributed by atoms with E-state index >= 15 is 0 Å². The Morgan fingerprint density at radius 2 is 1.00 bits per heavy atom. The zero-order valence-electron chi connectivity index (χ0n) is 3.12. The molecule has 0 bridgehead atoms. The molecule has 0 saturated heterocycles. The van der Waals surface area contributed by atoms with Gasteiger partial charge in [-0.1, -0.05) is 0 Å². The van der Waals surface area contributed by atoms with Crippen LogP contribution >= 0.6 is 0 Å². The van der Waals surface area contributed by atoms with E-state index in [-0.39, 0.29) is 56.4 Å². The first kappa shape index (κ1) is 22.8. The Balaban J connectivity index is -0.0000000267. The molecule has 0 aromatic rings. The third kappa shape index (κ3) is 177. The molecule has 0 amide bonds. The Labute approximate surface area is 83.4 Å². The molecule has 0 aromatic heterocycles. The quantitative estimate of drug-likeness (QED) is 0.330. The molecule has 6 N–H and O–H groups in total. The van der Waals surface area contributed by atoms with Gasteiger partial charge in [-0.3, -0.25) is 9.11 Å². The Morgan fingerprint density at radius 3 is 1.00 bits per heavy atom. The predicted octanol–water partition coefficient (Wildman–Crippen LogP) is -3.22. The molecule has 0 atom stereocenters. The predicted molar refractivity (Wildman–Crippen MR) is 29.9 cm³/mol. The molecule has 8 heavy (non-hydrogen) atoms. The zero-order valence-corrected chi connectivity index (χ0v) is 3.94. The molecule has 0 rings (SSSR count). The third-order valence-corrected chi connectivity index (χ3v) is 0. The molecule has 0 aromatic carbocycles. The summed E-state index contributed by atoms with van der Waals surface area (Å²) in [5.74, 6) is 0. The van der Waals surface area contributed by atoms with Gasteiger partial charge >= 0.3 is 55.9 Å². The zero-order chi connectivity index (χ0) is 4.50. The monoisotopic (exact) mass is 224 g/mol. The maximum absolute atomic E-state index is 8.74. The summed E-state index contributed by atoms with van der Waals surface area (Å²) in [6.45, 7) is 0. The SMILES string of the molecule is O.O.O=S(=O)(O)O.[SrH2]. The Bertz CT molecular complexity index is 91.7. The second-order valence-electron chi connectivity index (χ2n) is 0.448. The van der Waals surface area contributed by atoms with Crippen LogP contribution in [0.15, 0.2) is 0 Å². The van der Waals surface area contributed by atoms with Gasteiger partial charge in [-0.05, 0) is 0 Å². The molecule has 0 saturated carbocycles. The fourth-order valence-corrected chi connectivity index (χ4v) is 0. The molecule has 0 unspecified atom stereocenters. The minimum atomic E-state index is -4.67. The molecule has 0 spiro atoms. The van der Waals surface area contributed by atoms with Gasteiger partial charge in [-0.15, -0.1) is 0 Å². The normalized spacial score (nSPS) is 7.25. The first-order valence-corrected chi connectivity index (χ1v) is 2.10. The molecule has 52 valence electrons. The second kappa shape index (κ2) is 8.27. The van der Waals surface area contributed by atoms with Crippen molar-refractivity contribution in [3.63, 3.8) is 0 Å². The van der Waals surface area contributed by atoms with Crippen LogP contribution in [0.25, 0.3) is 0 Å². The fourth-order valence-electron chi connectivity index (χ4n) is 0. The van der Waals surface area contributed by atoms with E-state index in [4.69, 9.17) is 17.5 Å². The molecule has 0 heterocycles. The van der Waals surface area contributed by atoms with Crippen molar-refractivity contribution in [2.45, 2.75) is 0 Å². The van der Waals surface area contributed by atoms with Crippen LogP contribution in [-0.2, 0) is 10.4 Å². The topological polar surface area (TPSA) is 138 Å². The first-order chi connectivity index (χ1) is 2.00. The second-order valence-corrected chi connectivity index (χ2v) is 1.34. The average Bonchev–Trinajstić information content (AvgIpc) is 0.722. The standard InChI is InChI=1S/H2O4S.2H2O.Sr.2H/c1-5(2,3)4;;;;;/h(H2,1,2,3,4);2*1H2;;;. The van der Waals surface area contributed by atoms with Crippen molar-refractivity contribution in [1.29, 1.82) is 0 Å². The summed E-state index contributed by atoms with van der Waals surface area (Å²) in [6.07, 6.45) is 0. The number of rotatable bonds is 0. The summed E-state index contributed by atoms with van der Waals surface area (Å²) in [5.41, 5.74) is 0. The van der Waals surface area contributed by atoms with E-state index in [1.54, 1.807) is 0 Å². The Hall–Kier alpha value is 1.27. The van der Waals surface area contributed by atoms with Gasteiger partial charge in [0, 0.05) is 0 Å². The van der Waals surface area contributed by atoms with E-state index < -0.39 is 10.4 Å². The van der Waals surface area contributed by atoms with E-state index in [1.165, 1.54) is 0 Å². The number of hydrogen-bond acceptors (Lipinski definition) is 2. The van der Waals surface area contributed by atoms with E-state index in [2.05, 4.69) is 0 Å². The summed E-state index contributed by atoms with van der Waals surface area (Å²) in [5, 5.41) is 0. The Kier molecular flexibility index (Phi) is 23.6. The summed E-state index contributed by atoms with van der Waals surface area (Å²) >= 11 is 0. The van der Waals surface area contributed by atoms with E-state index in [9.17, 15) is 0 Å². The van der Waals surface area contributed by atoms with Gasteiger partial charge in [0.2, 0.25) is 0 Å². The molecular formula is H8O6SSr. The van der Waals surface area contributed by atoms with Gasteiger partial charge in [0.25, 0.3) is 0 Å². The van der Waals surface area contributed by atoms with Gasteiger partial charge < -0.3 is 11.0 Å². The maximum atomic E-state index is 8.74. The van der Waals surface area contributed by atoms with Crippen LogP contribution in [0, 0.1) is 0 Å². The van der Waals surface area contributed by atoms with Gasteiger partial charge in [-0.2, -0.15) is 8.42 Å². The van der Waals surface area contributed by atoms with Crippen molar-refractivity contribution in [3.05, 3.63) is 0 Å². The van der Waals surface area contributed by atoms with E-state index in [1.807, 2.05) is 0 Å². The fraction of sp³-hybridized carbons (Fsp3) is 0. The molecule has 0 aliphatic carbocycles.